The Labute approximate surface area is 125 Å². The first-order valence-corrected chi connectivity index (χ1v) is 7.17. The Balaban J connectivity index is 1.97. The zero-order valence-corrected chi connectivity index (χ0v) is 12.7. The van der Waals surface area contributed by atoms with Gasteiger partial charge in [-0.1, -0.05) is 23.7 Å². The van der Waals surface area contributed by atoms with Crippen molar-refractivity contribution in [3.8, 4) is 0 Å². The third-order valence-electron chi connectivity index (χ3n) is 2.98. The molecule has 1 N–H and O–H groups in total. The molecule has 0 unspecified atom stereocenters. The number of pyridine rings is 1. The van der Waals surface area contributed by atoms with Gasteiger partial charge in [-0.15, -0.1) is 0 Å². The lowest BCUT2D eigenvalue weighted by atomic mass is 10.2. The average Bonchev–Trinajstić information content (AvgIpc) is 2.39. The third kappa shape index (κ3) is 4.51. The van der Waals surface area contributed by atoms with Gasteiger partial charge in [-0.05, 0) is 49.4 Å². The zero-order chi connectivity index (χ0) is 14.4. The van der Waals surface area contributed by atoms with Gasteiger partial charge < -0.3 is 5.32 Å². The Morgan fingerprint density at radius 3 is 2.60 bits per heavy atom. The predicted molar refractivity (Wildman–Crippen MR) is 85.0 cm³/mol. The van der Waals surface area contributed by atoms with Crippen molar-refractivity contribution in [3.63, 3.8) is 0 Å². The zero-order valence-electron chi connectivity index (χ0n) is 11.9. The maximum absolute atomic E-state index is 6.01. The number of hydrogen-bond donors (Lipinski definition) is 1. The van der Waals surface area contributed by atoms with Gasteiger partial charge in [0.1, 0.15) is 5.82 Å². The molecule has 0 saturated heterocycles. The summed E-state index contributed by atoms with van der Waals surface area (Å²) >= 11 is 6.01. The number of rotatable bonds is 6. The number of anilines is 1. The summed E-state index contributed by atoms with van der Waals surface area (Å²) in [5, 5.41) is 4.02. The molecular formula is C16H20ClN3. The van der Waals surface area contributed by atoms with Crippen LogP contribution in [0.25, 0.3) is 0 Å². The molecule has 0 radical (unpaired) electrons. The first-order chi connectivity index (χ1) is 9.67. The summed E-state index contributed by atoms with van der Waals surface area (Å²) in [4.78, 5) is 6.55. The van der Waals surface area contributed by atoms with Crippen LogP contribution in [-0.4, -0.2) is 23.5 Å². The topological polar surface area (TPSA) is 28.2 Å². The maximum atomic E-state index is 6.01. The van der Waals surface area contributed by atoms with Crippen LogP contribution < -0.4 is 5.32 Å². The molecule has 4 heteroatoms. The van der Waals surface area contributed by atoms with E-state index >= 15 is 0 Å². The summed E-state index contributed by atoms with van der Waals surface area (Å²) in [6.07, 6.45) is 1.85. The van der Waals surface area contributed by atoms with Gasteiger partial charge in [-0.3, -0.25) is 4.90 Å². The summed E-state index contributed by atoms with van der Waals surface area (Å²) in [7, 11) is 2.11. The highest BCUT2D eigenvalue weighted by molar-refractivity contribution is 6.30. The molecule has 0 aliphatic carbocycles. The van der Waals surface area contributed by atoms with Gasteiger partial charge in [-0.2, -0.15) is 0 Å². The number of halogens is 1. The number of benzene rings is 1. The average molecular weight is 290 g/mol. The minimum atomic E-state index is 0.786. The van der Waals surface area contributed by atoms with E-state index < -0.39 is 0 Å². The summed E-state index contributed by atoms with van der Waals surface area (Å²) in [5.74, 6) is 0.932. The Morgan fingerprint density at radius 2 is 1.90 bits per heavy atom. The normalized spacial score (nSPS) is 10.8. The van der Waals surface area contributed by atoms with E-state index in [9.17, 15) is 0 Å². The summed E-state index contributed by atoms with van der Waals surface area (Å²) in [6, 6.07) is 12.1. The first kappa shape index (κ1) is 14.8. The van der Waals surface area contributed by atoms with Crippen LogP contribution in [0.5, 0.6) is 0 Å². The molecule has 0 atom stereocenters. The monoisotopic (exact) mass is 289 g/mol. The van der Waals surface area contributed by atoms with E-state index in [-0.39, 0.29) is 0 Å². The van der Waals surface area contributed by atoms with Crippen molar-refractivity contribution >= 4 is 17.4 Å². The Hall–Kier alpha value is -1.58. The summed E-state index contributed by atoms with van der Waals surface area (Å²) in [6.45, 7) is 4.71. The van der Waals surface area contributed by atoms with Gasteiger partial charge >= 0.3 is 0 Å². The number of nitrogens with one attached hydrogen (secondary N) is 1. The lowest BCUT2D eigenvalue weighted by Crippen LogP contribution is -2.17. The van der Waals surface area contributed by atoms with E-state index in [0.29, 0.717) is 0 Å². The fraction of sp³-hybridized carbons (Fsp3) is 0.312. The Morgan fingerprint density at radius 1 is 1.15 bits per heavy atom. The van der Waals surface area contributed by atoms with Crippen LogP contribution in [0.3, 0.4) is 0 Å². The molecule has 20 heavy (non-hydrogen) atoms. The molecule has 2 aromatic rings. The van der Waals surface area contributed by atoms with Gasteiger partial charge in [0.05, 0.1) is 0 Å². The molecule has 0 saturated carbocycles. The van der Waals surface area contributed by atoms with Crippen molar-refractivity contribution < 1.29 is 0 Å². The molecule has 0 fully saturated rings. The minimum absolute atomic E-state index is 0.786. The fourth-order valence-corrected chi connectivity index (χ4v) is 2.38. The van der Waals surface area contributed by atoms with Crippen LogP contribution in [-0.2, 0) is 13.1 Å². The van der Waals surface area contributed by atoms with Crippen LogP contribution in [0.15, 0.2) is 42.6 Å². The number of nitrogens with zero attached hydrogens (tertiary/aromatic N) is 2. The molecule has 3 nitrogen and oxygen atoms in total. The highest BCUT2D eigenvalue weighted by Gasteiger charge is 2.03. The molecule has 1 heterocycles. The van der Waals surface area contributed by atoms with Crippen molar-refractivity contribution in [2.45, 2.75) is 20.0 Å². The van der Waals surface area contributed by atoms with E-state index in [4.69, 9.17) is 11.6 Å². The van der Waals surface area contributed by atoms with Gasteiger partial charge in [0, 0.05) is 30.9 Å². The highest BCUT2D eigenvalue weighted by Crippen LogP contribution is 2.14. The predicted octanol–water partition coefficient (Wildman–Crippen LogP) is 3.80. The van der Waals surface area contributed by atoms with Crippen LogP contribution in [0.4, 0.5) is 5.82 Å². The highest BCUT2D eigenvalue weighted by atomic mass is 35.5. The van der Waals surface area contributed by atoms with Crippen molar-refractivity contribution in [3.05, 3.63) is 58.7 Å². The van der Waals surface area contributed by atoms with Crippen LogP contribution in [0.2, 0.25) is 5.02 Å². The van der Waals surface area contributed by atoms with E-state index in [1.165, 1.54) is 11.1 Å². The third-order valence-corrected chi connectivity index (χ3v) is 3.21. The second kappa shape index (κ2) is 7.27. The molecule has 0 aliphatic rings. The standard InChI is InChI=1S/C16H20ClN3/c1-3-18-16-10-14(7-8-19-16)12-20(2)11-13-5-4-6-15(17)9-13/h4-10H,3,11-12H2,1-2H3,(H,18,19). The van der Waals surface area contributed by atoms with Gasteiger partial charge in [0.15, 0.2) is 0 Å². The van der Waals surface area contributed by atoms with Crippen molar-refractivity contribution in [2.24, 2.45) is 0 Å². The van der Waals surface area contributed by atoms with Gasteiger partial charge in [0.2, 0.25) is 0 Å². The quantitative estimate of drug-likeness (QED) is 0.877. The first-order valence-electron chi connectivity index (χ1n) is 6.79. The molecular weight excluding hydrogens is 270 g/mol. The largest absolute Gasteiger partial charge is 0.370 e. The minimum Gasteiger partial charge on any atom is -0.370 e. The van der Waals surface area contributed by atoms with E-state index in [1.54, 1.807) is 0 Å². The van der Waals surface area contributed by atoms with Gasteiger partial charge in [-0.25, -0.2) is 4.98 Å². The molecule has 0 aliphatic heterocycles. The van der Waals surface area contributed by atoms with Gasteiger partial charge in [0.25, 0.3) is 0 Å². The smallest absolute Gasteiger partial charge is 0.126 e. The number of aromatic nitrogens is 1. The van der Waals surface area contributed by atoms with E-state index in [2.05, 4.69) is 47.4 Å². The molecule has 0 bridgehead atoms. The Kier molecular flexibility index (Phi) is 5.39. The molecule has 106 valence electrons. The lowest BCUT2D eigenvalue weighted by Gasteiger charge is -2.17. The van der Waals surface area contributed by atoms with Crippen LogP contribution in [0.1, 0.15) is 18.1 Å². The van der Waals surface area contributed by atoms with Crippen molar-refractivity contribution in [2.75, 3.05) is 18.9 Å². The molecule has 0 spiro atoms. The molecule has 1 aromatic carbocycles. The summed E-state index contributed by atoms with van der Waals surface area (Å²) < 4.78 is 0. The summed E-state index contributed by atoms with van der Waals surface area (Å²) in [5.41, 5.74) is 2.47. The molecule has 0 amide bonds. The molecule has 2 rings (SSSR count). The van der Waals surface area contributed by atoms with Crippen molar-refractivity contribution in [1.82, 2.24) is 9.88 Å². The van der Waals surface area contributed by atoms with Crippen molar-refractivity contribution in [1.29, 1.82) is 0 Å². The Bertz CT molecular complexity index is 557. The fourth-order valence-electron chi connectivity index (χ4n) is 2.17. The van der Waals surface area contributed by atoms with Crippen LogP contribution in [0, 0.1) is 0 Å². The maximum Gasteiger partial charge on any atom is 0.126 e. The molecule has 1 aromatic heterocycles. The number of hydrogen-bond acceptors (Lipinski definition) is 3. The second-order valence-corrected chi connectivity index (χ2v) is 5.32. The second-order valence-electron chi connectivity index (χ2n) is 4.88. The van der Waals surface area contributed by atoms with E-state index in [0.717, 1.165) is 30.5 Å². The van der Waals surface area contributed by atoms with E-state index in [1.807, 2.05) is 24.4 Å². The lowest BCUT2D eigenvalue weighted by molar-refractivity contribution is 0.319. The SMILES string of the molecule is CCNc1cc(CN(C)Cc2cccc(Cl)c2)ccn1. The van der Waals surface area contributed by atoms with Crippen LogP contribution >= 0.6 is 11.6 Å².